The Morgan fingerprint density at radius 3 is 2.55 bits per heavy atom. The number of hydrogen-bond donors (Lipinski definition) is 1. The van der Waals surface area contributed by atoms with Crippen LogP contribution in [-0.2, 0) is 6.42 Å². The van der Waals surface area contributed by atoms with Crippen molar-refractivity contribution in [1.29, 1.82) is 0 Å². The maximum absolute atomic E-state index is 12.9. The summed E-state index contributed by atoms with van der Waals surface area (Å²) >= 11 is 1.60. The molecule has 0 saturated heterocycles. The predicted molar refractivity (Wildman–Crippen MR) is 116 cm³/mol. The van der Waals surface area contributed by atoms with Crippen molar-refractivity contribution in [1.82, 2.24) is 15.1 Å². The van der Waals surface area contributed by atoms with E-state index in [1.807, 2.05) is 66.0 Å². The van der Waals surface area contributed by atoms with E-state index in [0.717, 1.165) is 28.4 Å². The largest absolute Gasteiger partial charge is 0.497 e. The lowest BCUT2D eigenvalue weighted by molar-refractivity contribution is 0.0946. The van der Waals surface area contributed by atoms with E-state index < -0.39 is 0 Å². The number of nitrogens with zero attached hydrogens (tertiary/aromatic N) is 2. The third kappa shape index (κ3) is 4.38. The number of hydrogen-bond acceptors (Lipinski definition) is 4. The summed E-state index contributed by atoms with van der Waals surface area (Å²) in [5, 5.41) is 9.71. The van der Waals surface area contributed by atoms with Gasteiger partial charge in [-0.15, -0.1) is 11.3 Å². The van der Waals surface area contributed by atoms with Crippen LogP contribution in [0.3, 0.4) is 0 Å². The van der Waals surface area contributed by atoms with Crippen LogP contribution in [0, 0.1) is 0 Å². The number of carbonyl (C=O) groups excluding carboxylic acids is 1. The van der Waals surface area contributed by atoms with Crippen LogP contribution in [0.5, 0.6) is 5.75 Å². The van der Waals surface area contributed by atoms with Crippen LogP contribution < -0.4 is 10.1 Å². The van der Waals surface area contributed by atoms with Crippen LogP contribution in [0.2, 0.25) is 0 Å². The molecule has 0 radical (unpaired) electrons. The highest BCUT2D eigenvalue weighted by Gasteiger charge is 2.18. The lowest BCUT2D eigenvalue weighted by atomic mass is 10.1. The first-order chi connectivity index (χ1) is 14.2. The van der Waals surface area contributed by atoms with Crippen molar-refractivity contribution in [2.45, 2.75) is 6.42 Å². The standard InChI is InChI=1S/C23H21N3O2S/c1-28-19-11-9-18(10-12-19)26-21(16-20(25-26)22-8-5-15-29-22)23(27)24-14-13-17-6-3-2-4-7-17/h2-12,15-16H,13-14H2,1H3,(H,24,27). The summed E-state index contributed by atoms with van der Waals surface area (Å²) in [6.45, 7) is 0.560. The number of thiophene rings is 1. The Bertz CT molecular complexity index is 1070. The van der Waals surface area contributed by atoms with Crippen LogP contribution >= 0.6 is 11.3 Å². The zero-order valence-corrected chi connectivity index (χ0v) is 16.9. The minimum Gasteiger partial charge on any atom is -0.497 e. The Hall–Kier alpha value is -3.38. The summed E-state index contributed by atoms with van der Waals surface area (Å²) < 4.78 is 6.92. The number of nitrogens with one attached hydrogen (secondary N) is 1. The molecule has 1 amide bonds. The summed E-state index contributed by atoms with van der Waals surface area (Å²) in [6, 6.07) is 23.4. The molecule has 5 nitrogen and oxygen atoms in total. The number of aromatic nitrogens is 2. The van der Waals surface area contributed by atoms with E-state index >= 15 is 0 Å². The Morgan fingerprint density at radius 1 is 1.07 bits per heavy atom. The van der Waals surface area contributed by atoms with Gasteiger partial charge in [-0.25, -0.2) is 4.68 Å². The molecule has 0 atom stereocenters. The van der Waals surface area contributed by atoms with Crippen LogP contribution in [0.1, 0.15) is 16.1 Å². The second kappa shape index (κ2) is 8.75. The second-order valence-corrected chi connectivity index (χ2v) is 7.44. The van der Waals surface area contributed by atoms with Crippen molar-refractivity contribution in [2.24, 2.45) is 0 Å². The molecule has 0 aliphatic carbocycles. The van der Waals surface area contributed by atoms with E-state index in [4.69, 9.17) is 9.84 Å². The fourth-order valence-corrected chi connectivity index (χ4v) is 3.74. The fourth-order valence-electron chi connectivity index (χ4n) is 3.06. The van der Waals surface area contributed by atoms with Crippen LogP contribution in [-0.4, -0.2) is 29.3 Å². The molecule has 0 spiro atoms. The van der Waals surface area contributed by atoms with Gasteiger partial charge in [-0.1, -0.05) is 36.4 Å². The van der Waals surface area contributed by atoms with E-state index in [-0.39, 0.29) is 5.91 Å². The van der Waals surface area contributed by atoms with Crippen LogP contribution in [0.15, 0.2) is 78.2 Å². The lowest BCUT2D eigenvalue weighted by Gasteiger charge is -2.09. The van der Waals surface area contributed by atoms with Gasteiger partial charge in [0.25, 0.3) is 5.91 Å². The first-order valence-corrected chi connectivity index (χ1v) is 10.2. The Kier molecular flexibility index (Phi) is 5.72. The molecule has 2 aromatic carbocycles. The summed E-state index contributed by atoms with van der Waals surface area (Å²) in [6.07, 6.45) is 0.779. The zero-order chi connectivity index (χ0) is 20.1. The van der Waals surface area contributed by atoms with E-state index in [0.29, 0.717) is 12.2 Å². The van der Waals surface area contributed by atoms with E-state index in [1.165, 1.54) is 5.56 Å². The van der Waals surface area contributed by atoms with E-state index in [2.05, 4.69) is 17.4 Å². The van der Waals surface area contributed by atoms with Gasteiger partial charge in [0.2, 0.25) is 0 Å². The topological polar surface area (TPSA) is 56.2 Å². The molecule has 0 aliphatic rings. The van der Waals surface area contributed by atoms with Crippen LogP contribution in [0.25, 0.3) is 16.3 Å². The number of amides is 1. The van der Waals surface area contributed by atoms with Gasteiger partial charge in [0.15, 0.2) is 0 Å². The number of rotatable bonds is 7. The first kappa shape index (κ1) is 19.0. The lowest BCUT2D eigenvalue weighted by Crippen LogP contribution is -2.27. The third-order valence-electron chi connectivity index (χ3n) is 4.57. The maximum Gasteiger partial charge on any atom is 0.270 e. The van der Waals surface area contributed by atoms with E-state index in [9.17, 15) is 4.79 Å². The molecule has 0 fully saturated rings. The van der Waals surface area contributed by atoms with E-state index in [1.54, 1.807) is 23.1 Å². The molecular weight excluding hydrogens is 382 g/mol. The van der Waals surface area contributed by atoms with Crippen molar-refractivity contribution in [3.05, 3.63) is 89.4 Å². The second-order valence-electron chi connectivity index (χ2n) is 6.49. The molecule has 2 heterocycles. The average Bonchev–Trinajstić information content (AvgIpc) is 3.44. The highest BCUT2D eigenvalue weighted by Crippen LogP contribution is 2.26. The molecular formula is C23H21N3O2S. The van der Waals surface area contributed by atoms with Crippen molar-refractivity contribution < 1.29 is 9.53 Å². The highest BCUT2D eigenvalue weighted by molar-refractivity contribution is 7.13. The number of carbonyl (C=O) groups is 1. The number of methoxy groups -OCH3 is 1. The van der Waals surface area contributed by atoms with Crippen molar-refractivity contribution in [2.75, 3.05) is 13.7 Å². The zero-order valence-electron chi connectivity index (χ0n) is 16.0. The normalized spacial score (nSPS) is 10.7. The Labute approximate surface area is 173 Å². The maximum atomic E-state index is 12.9. The highest BCUT2D eigenvalue weighted by atomic mass is 32.1. The smallest absolute Gasteiger partial charge is 0.270 e. The molecule has 0 aliphatic heterocycles. The Balaban J connectivity index is 1.58. The molecule has 2 aromatic heterocycles. The number of benzene rings is 2. The predicted octanol–water partition coefficient (Wildman–Crippen LogP) is 4.58. The van der Waals surface area contributed by atoms with Gasteiger partial charge in [-0.2, -0.15) is 5.10 Å². The molecule has 0 bridgehead atoms. The van der Waals surface area contributed by atoms with Gasteiger partial charge in [-0.3, -0.25) is 4.79 Å². The van der Waals surface area contributed by atoms with Crippen LogP contribution in [0.4, 0.5) is 0 Å². The molecule has 29 heavy (non-hydrogen) atoms. The molecule has 0 saturated carbocycles. The minimum atomic E-state index is -0.146. The van der Waals surface area contributed by atoms with Gasteiger partial charge in [0.05, 0.1) is 17.7 Å². The fraction of sp³-hybridized carbons (Fsp3) is 0.130. The molecule has 6 heteroatoms. The quantitative estimate of drug-likeness (QED) is 0.491. The van der Waals surface area contributed by atoms with Gasteiger partial charge in [0, 0.05) is 6.54 Å². The first-order valence-electron chi connectivity index (χ1n) is 9.35. The summed E-state index contributed by atoms with van der Waals surface area (Å²) in [5.41, 5.74) is 3.29. The van der Waals surface area contributed by atoms with Crippen molar-refractivity contribution >= 4 is 17.2 Å². The van der Waals surface area contributed by atoms with Crippen molar-refractivity contribution in [3.63, 3.8) is 0 Å². The molecule has 1 N–H and O–H groups in total. The average molecular weight is 404 g/mol. The van der Waals surface area contributed by atoms with Gasteiger partial charge >= 0.3 is 0 Å². The monoisotopic (exact) mass is 403 g/mol. The summed E-state index contributed by atoms with van der Waals surface area (Å²) in [7, 11) is 1.63. The molecule has 0 unspecified atom stereocenters. The molecule has 4 rings (SSSR count). The summed E-state index contributed by atoms with van der Waals surface area (Å²) in [4.78, 5) is 14.0. The SMILES string of the molecule is COc1ccc(-n2nc(-c3cccs3)cc2C(=O)NCCc2ccccc2)cc1. The summed E-state index contributed by atoms with van der Waals surface area (Å²) in [5.74, 6) is 0.611. The third-order valence-corrected chi connectivity index (χ3v) is 5.47. The molecule has 4 aromatic rings. The van der Waals surface area contributed by atoms with Gasteiger partial charge < -0.3 is 10.1 Å². The van der Waals surface area contributed by atoms with Gasteiger partial charge in [-0.05, 0) is 53.8 Å². The molecule has 146 valence electrons. The van der Waals surface area contributed by atoms with Gasteiger partial charge in [0.1, 0.15) is 17.1 Å². The Morgan fingerprint density at radius 2 is 1.86 bits per heavy atom. The minimum absolute atomic E-state index is 0.146. The number of ether oxygens (including phenoxy) is 1. The van der Waals surface area contributed by atoms with Crippen molar-refractivity contribution in [3.8, 4) is 22.0 Å².